The van der Waals surface area contributed by atoms with E-state index in [0.717, 1.165) is 5.69 Å². The lowest BCUT2D eigenvalue weighted by atomic mass is 9.84. The lowest BCUT2D eigenvalue weighted by molar-refractivity contribution is 0.0974. The van der Waals surface area contributed by atoms with Crippen LogP contribution >= 0.6 is 0 Å². The molecule has 104 valence electrons. The predicted molar refractivity (Wildman–Crippen MR) is 82.7 cm³/mol. The fourth-order valence-corrected chi connectivity index (χ4v) is 2.51. The molecule has 3 heteroatoms. The number of ketones is 2. The lowest BCUT2D eigenvalue weighted by Crippen LogP contribution is -2.25. The first-order chi connectivity index (χ1) is 10.2. The van der Waals surface area contributed by atoms with Gasteiger partial charge in [-0.3, -0.25) is 9.59 Å². The van der Waals surface area contributed by atoms with Crippen LogP contribution in [0, 0.1) is 0 Å². The summed E-state index contributed by atoms with van der Waals surface area (Å²) in [4.78, 5) is 24.9. The third kappa shape index (κ3) is 2.38. The average molecular weight is 277 g/mol. The first kappa shape index (κ1) is 13.3. The molecule has 0 aliphatic heterocycles. The second kappa shape index (κ2) is 5.37. The topological polar surface area (TPSA) is 46.2 Å². The van der Waals surface area contributed by atoms with Gasteiger partial charge in [-0.1, -0.05) is 42.5 Å². The Morgan fingerprint density at radius 1 is 0.810 bits per heavy atom. The highest BCUT2D eigenvalue weighted by Gasteiger charge is 2.28. The molecule has 0 heterocycles. The summed E-state index contributed by atoms with van der Waals surface area (Å²) in [7, 11) is 0. The van der Waals surface area contributed by atoms with Crippen molar-refractivity contribution in [1.82, 2.24) is 0 Å². The second-order valence-corrected chi connectivity index (χ2v) is 5.03. The van der Waals surface area contributed by atoms with Crippen molar-refractivity contribution in [2.24, 2.45) is 0 Å². The quantitative estimate of drug-likeness (QED) is 0.934. The van der Waals surface area contributed by atoms with E-state index < -0.39 is 0 Å². The number of Topliss-reactive ketones (excluding diaryl/α,β-unsaturated/α-hetero) is 2. The monoisotopic (exact) mass is 277 g/mol. The molecular formula is C18H15NO2. The van der Waals surface area contributed by atoms with Crippen molar-refractivity contribution in [3.63, 3.8) is 0 Å². The Morgan fingerprint density at radius 3 is 2.05 bits per heavy atom. The van der Waals surface area contributed by atoms with Gasteiger partial charge in [0.25, 0.3) is 0 Å². The summed E-state index contributed by atoms with van der Waals surface area (Å²) >= 11 is 0. The number of carbonyl (C=O) groups excluding carboxylic acids is 2. The molecule has 21 heavy (non-hydrogen) atoms. The maximum atomic E-state index is 12.5. The Kier molecular flexibility index (Phi) is 3.40. The van der Waals surface area contributed by atoms with E-state index in [-0.39, 0.29) is 11.6 Å². The minimum Gasteiger partial charge on any atom is -0.381 e. The zero-order chi connectivity index (χ0) is 14.8. The first-order valence-corrected chi connectivity index (χ1v) is 6.85. The fourth-order valence-electron chi connectivity index (χ4n) is 2.51. The zero-order valence-corrected chi connectivity index (χ0v) is 11.7. The lowest BCUT2D eigenvalue weighted by Gasteiger charge is -2.19. The molecular weight excluding hydrogens is 262 g/mol. The fraction of sp³-hybridized carbons (Fsp3) is 0.111. The van der Waals surface area contributed by atoms with Gasteiger partial charge in [0.15, 0.2) is 11.6 Å². The van der Waals surface area contributed by atoms with E-state index in [2.05, 4.69) is 5.32 Å². The minimum atomic E-state index is -0.0638. The SMILES string of the molecule is CC1=C(CNc2ccccc2)C(=O)c2ccccc2C1=O. The van der Waals surface area contributed by atoms with Crippen molar-refractivity contribution in [2.45, 2.75) is 6.92 Å². The van der Waals surface area contributed by atoms with Crippen LogP contribution in [0.1, 0.15) is 27.6 Å². The van der Waals surface area contributed by atoms with Crippen molar-refractivity contribution >= 4 is 17.3 Å². The molecule has 1 aliphatic rings. The number of benzene rings is 2. The molecule has 0 atom stereocenters. The number of hydrogen-bond acceptors (Lipinski definition) is 3. The van der Waals surface area contributed by atoms with Gasteiger partial charge in [0.1, 0.15) is 0 Å². The second-order valence-electron chi connectivity index (χ2n) is 5.03. The summed E-state index contributed by atoms with van der Waals surface area (Å²) in [6.45, 7) is 2.08. The van der Waals surface area contributed by atoms with Gasteiger partial charge in [0.05, 0.1) is 0 Å². The highest BCUT2D eigenvalue weighted by molar-refractivity contribution is 6.26. The van der Waals surface area contributed by atoms with Crippen molar-refractivity contribution in [1.29, 1.82) is 0 Å². The molecule has 0 fully saturated rings. The van der Waals surface area contributed by atoms with E-state index in [1.54, 1.807) is 31.2 Å². The Balaban J connectivity index is 1.90. The summed E-state index contributed by atoms with van der Waals surface area (Å²) in [5, 5.41) is 3.20. The molecule has 0 aromatic heterocycles. The highest BCUT2D eigenvalue weighted by Crippen LogP contribution is 2.26. The standard InChI is InChI=1S/C18H15NO2/c1-12-16(11-19-13-7-3-2-4-8-13)18(21)15-10-6-5-9-14(15)17(12)20/h2-10,19H,11H2,1H3. The smallest absolute Gasteiger partial charge is 0.191 e. The van der Waals surface area contributed by atoms with Gasteiger partial charge < -0.3 is 5.32 Å². The van der Waals surface area contributed by atoms with Crippen molar-refractivity contribution in [3.05, 3.63) is 76.9 Å². The minimum absolute atomic E-state index is 0.0601. The Morgan fingerprint density at radius 2 is 1.38 bits per heavy atom. The van der Waals surface area contributed by atoms with Crippen LogP contribution in [-0.4, -0.2) is 18.1 Å². The predicted octanol–water partition coefficient (Wildman–Crippen LogP) is 3.49. The zero-order valence-electron chi connectivity index (χ0n) is 11.7. The maximum absolute atomic E-state index is 12.5. The van der Waals surface area contributed by atoms with Gasteiger partial charge in [-0.2, -0.15) is 0 Å². The van der Waals surface area contributed by atoms with Crippen LogP contribution in [0.2, 0.25) is 0 Å². The van der Waals surface area contributed by atoms with E-state index >= 15 is 0 Å². The van der Waals surface area contributed by atoms with Crippen LogP contribution in [0.4, 0.5) is 5.69 Å². The van der Waals surface area contributed by atoms with Crippen LogP contribution in [0.15, 0.2) is 65.7 Å². The molecule has 0 radical (unpaired) electrons. The third-order valence-electron chi connectivity index (χ3n) is 3.73. The van der Waals surface area contributed by atoms with Gasteiger partial charge in [-0.25, -0.2) is 0 Å². The highest BCUT2D eigenvalue weighted by atomic mass is 16.1. The van der Waals surface area contributed by atoms with Crippen LogP contribution < -0.4 is 5.32 Å². The summed E-state index contributed by atoms with van der Waals surface area (Å²) in [5.41, 5.74) is 3.00. The molecule has 2 aromatic carbocycles. The molecule has 0 bridgehead atoms. The molecule has 1 aliphatic carbocycles. The van der Waals surface area contributed by atoms with E-state index in [1.165, 1.54) is 0 Å². The average Bonchev–Trinajstić information content (AvgIpc) is 2.54. The molecule has 1 N–H and O–H groups in total. The van der Waals surface area contributed by atoms with Gasteiger partial charge in [0.2, 0.25) is 0 Å². The van der Waals surface area contributed by atoms with Gasteiger partial charge in [0, 0.05) is 34.5 Å². The molecule has 2 aromatic rings. The van der Waals surface area contributed by atoms with Crippen molar-refractivity contribution < 1.29 is 9.59 Å². The number of allylic oxidation sites excluding steroid dienone is 1. The number of para-hydroxylation sites is 1. The largest absolute Gasteiger partial charge is 0.381 e. The van der Waals surface area contributed by atoms with Gasteiger partial charge in [-0.15, -0.1) is 0 Å². The number of anilines is 1. The number of nitrogens with one attached hydrogen (secondary N) is 1. The molecule has 0 unspecified atom stereocenters. The number of rotatable bonds is 3. The van der Waals surface area contributed by atoms with Crippen molar-refractivity contribution in [2.75, 3.05) is 11.9 Å². The summed E-state index contributed by atoms with van der Waals surface area (Å²) in [6, 6.07) is 16.6. The Labute approximate surface area is 123 Å². The third-order valence-corrected chi connectivity index (χ3v) is 3.73. The Bertz CT molecular complexity index is 745. The first-order valence-electron chi connectivity index (χ1n) is 6.85. The van der Waals surface area contributed by atoms with Crippen LogP contribution in [0.25, 0.3) is 0 Å². The van der Waals surface area contributed by atoms with E-state index in [1.807, 2.05) is 30.3 Å². The maximum Gasteiger partial charge on any atom is 0.191 e. The number of hydrogen-bond donors (Lipinski definition) is 1. The van der Waals surface area contributed by atoms with E-state index in [0.29, 0.717) is 28.8 Å². The normalized spacial score (nSPS) is 14.1. The summed E-state index contributed by atoms with van der Waals surface area (Å²) < 4.78 is 0. The number of carbonyl (C=O) groups is 2. The molecule has 0 amide bonds. The van der Waals surface area contributed by atoms with Crippen LogP contribution in [0.5, 0.6) is 0 Å². The summed E-state index contributed by atoms with van der Waals surface area (Å²) in [6.07, 6.45) is 0. The molecule has 3 rings (SSSR count). The molecule has 3 nitrogen and oxygen atoms in total. The van der Waals surface area contributed by atoms with E-state index in [9.17, 15) is 9.59 Å². The van der Waals surface area contributed by atoms with Crippen LogP contribution in [-0.2, 0) is 0 Å². The van der Waals surface area contributed by atoms with Gasteiger partial charge in [-0.05, 0) is 19.1 Å². The van der Waals surface area contributed by atoms with Crippen molar-refractivity contribution in [3.8, 4) is 0 Å². The van der Waals surface area contributed by atoms with E-state index in [4.69, 9.17) is 0 Å². The van der Waals surface area contributed by atoms with Gasteiger partial charge >= 0.3 is 0 Å². The number of fused-ring (bicyclic) bond motifs is 1. The Hall–Kier alpha value is -2.68. The molecule has 0 spiro atoms. The van der Waals surface area contributed by atoms with Crippen LogP contribution in [0.3, 0.4) is 0 Å². The molecule has 0 saturated carbocycles. The summed E-state index contributed by atoms with van der Waals surface area (Å²) in [5.74, 6) is -0.124. The molecule has 0 saturated heterocycles.